The number of aliphatic hydroxyl groups is 1. The highest BCUT2D eigenvalue weighted by molar-refractivity contribution is 7.89. The molecule has 0 saturated heterocycles. The summed E-state index contributed by atoms with van der Waals surface area (Å²) in [6.07, 6.45) is 4.91. The summed E-state index contributed by atoms with van der Waals surface area (Å²) in [6, 6.07) is 8.95. The number of nitrogens with zero attached hydrogens (tertiary/aromatic N) is 1. The largest absolute Gasteiger partial charge is 0.395 e. The smallest absolute Gasteiger partial charge is 0.239 e. The van der Waals surface area contributed by atoms with E-state index in [9.17, 15) is 17.9 Å². The van der Waals surface area contributed by atoms with Crippen LogP contribution < -0.4 is 5.14 Å². The Bertz CT molecular complexity index is 917. The van der Waals surface area contributed by atoms with Crippen LogP contribution in [-0.2, 0) is 10.0 Å². The molecule has 5 nitrogen and oxygen atoms in total. The van der Waals surface area contributed by atoms with Crippen LogP contribution in [0.5, 0.6) is 0 Å². The van der Waals surface area contributed by atoms with E-state index in [1.807, 2.05) is 12.2 Å². The Kier molecular flexibility index (Phi) is 4.31. The SMILES string of the molecule is NS(=O)(=O)c1ccc(C2=CC(CO)C=C2c2ccc(F)cc2)nc1. The fraction of sp³-hybridized carbons (Fsp3) is 0.118. The lowest BCUT2D eigenvalue weighted by Crippen LogP contribution is -2.12. The molecule has 1 aromatic heterocycles. The van der Waals surface area contributed by atoms with Gasteiger partial charge in [0.2, 0.25) is 10.0 Å². The molecule has 7 heteroatoms. The molecule has 1 aliphatic carbocycles. The highest BCUT2D eigenvalue weighted by Gasteiger charge is 2.21. The zero-order valence-corrected chi connectivity index (χ0v) is 13.4. The monoisotopic (exact) mass is 346 g/mol. The standard InChI is InChI=1S/C17H15FN2O3S/c18-13-3-1-12(2-4-13)15-7-11(10-21)8-16(15)17-6-5-14(9-20-17)24(19,22)23/h1-9,11,21H,10H2,(H2,19,22,23). The molecule has 0 bridgehead atoms. The van der Waals surface area contributed by atoms with Crippen LogP contribution in [0.25, 0.3) is 11.1 Å². The molecular weight excluding hydrogens is 331 g/mol. The minimum atomic E-state index is -3.81. The number of aliphatic hydroxyl groups excluding tert-OH is 1. The van der Waals surface area contributed by atoms with Gasteiger partial charge < -0.3 is 5.11 Å². The van der Waals surface area contributed by atoms with Crippen molar-refractivity contribution in [2.75, 3.05) is 6.61 Å². The molecule has 24 heavy (non-hydrogen) atoms. The minimum Gasteiger partial charge on any atom is -0.395 e. The van der Waals surface area contributed by atoms with Gasteiger partial charge in [0.25, 0.3) is 0 Å². The second kappa shape index (κ2) is 6.27. The minimum absolute atomic E-state index is 0.0660. The topological polar surface area (TPSA) is 93.3 Å². The normalized spacial score (nSPS) is 17.5. The molecule has 1 unspecified atom stereocenters. The molecule has 0 saturated carbocycles. The lowest BCUT2D eigenvalue weighted by molar-refractivity contribution is 0.275. The predicted molar refractivity (Wildman–Crippen MR) is 88.5 cm³/mol. The van der Waals surface area contributed by atoms with Crippen LogP contribution in [-0.4, -0.2) is 25.1 Å². The van der Waals surface area contributed by atoms with Gasteiger partial charge in [-0.25, -0.2) is 17.9 Å². The molecule has 1 atom stereocenters. The van der Waals surface area contributed by atoms with E-state index < -0.39 is 10.0 Å². The first-order chi connectivity index (χ1) is 11.4. The molecule has 2 aromatic rings. The van der Waals surface area contributed by atoms with Crippen molar-refractivity contribution < 1.29 is 17.9 Å². The molecular formula is C17H15FN2O3S. The van der Waals surface area contributed by atoms with Crippen LogP contribution in [0.15, 0.2) is 59.6 Å². The summed E-state index contributed by atoms with van der Waals surface area (Å²) in [5, 5.41) is 14.5. The number of pyridine rings is 1. The lowest BCUT2D eigenvalue weighted by Gasteiger charge is -2.09. The molecule has 1 aliphatic rings. The van der Waals surface area contributed by atoms with Crippen LogP contribution in [0, 0.1) is 11.7 Å². The van der Waals surface area contributed by atoms with E-state index in [-0.39, 0.29) is 23.2 Å². The average molecular weight is 346 g/mol. The van der Waals surface area contributed by atoms with Crippen molar-refractivity contribution in [2.24, 2.45) is 11.1 Å². The number of sulfonamides is 1. The van der Waals surface area contributed by atoms with Crippen molar-refractivity contribution in [3.05, 3.63) is 71.8 Å². The van der Waals surface area contributed by atoms with Gasteiger partial charge in [-0.05, 0) is 35.4 Å². The molecule has 0 radical (unpaired) electrons. The Labute approximate surface area is 139 Å². The third-order valence-electron chi connectivity index (χ3n) is 3.76. The van der Waals surface area contributed by atoms with Crippen molar-refractivity contribution >= 4 is 21.2 Å². The van der Waals surface area contributed by atoms with Gasteiger partial charge in [0.15, 0.2) is 0 Å². The molecule has 3 N–H and O–H groups in total. The fourth-order valence-corrected chi connectivity index (χ4v) is 3.03. The number of halogens is 1. The number of hydrogen-bond donors (Lipinski definition) is 2. The van der Waals surface area contributed by atoms with Gasteiger partial charge in [-0.15, -0.1) is 0 Å². The zero-order chi connectivity index (χ0) is 17.3. The summed E-state index contributed by atoms with van der Waals surface area (Å²) >= 11 is 0. The Balaban J connectivity index is 2.01. The number of hydrogen-bond acceptors (Lipinski definition) is 4. The maximum Gasteiger partial charge on any atom is 0.239 e. The second-order valence-corrected chi connectivity index (χ2v) is 7.00. The van der Waals surface area contributed by atoms with Crippen LogP contribution in [0.2, 0.25) is 0 Å². The summed E-state index contributed by atoms with van der Waals surface area (Å²) < 4.78 is 35.8. The van der Waals surface area contributed by atoms with Crippen molar-refractivity contribution in [2.45, 2.75) is 4.90 Å². The van der Waals surface area contributed by atoms with E-state index in [1.54, 1.807) is 18.2 Å². The van der Waals surface area contributed by atoms with Gasteiger partial charge in [-0.1, -0.05) is 24.3 Å². The average Bonchev–Trinajstić information content (AvgIpc) is 2.99. The number of nitrogens with two attached hydrogens (primary N) is 1. The van der Waals surface area contributed by atoms with Gasteiger partial charge in [-0.2, -0.15) is 0 Å². The molecule has 1 aromatic carbocycles. The fourth-order valence-electron chi connectivity index (χ4n) is 2.57. The second-order valence-electron chi connectivity index (χ2n) is 5.44. The molecule has 3 rings (SSSR count). The van der Waals surface area contributed by atoms with Crippen molar-refractivity contribution in [1.82, 2.24) is 4.98 Å². The Morgan fingerprint density at radius 1 is 1.08 bits per heavy atom. The molecule has 124 valence electrons. The van der Waals surface area contributed by atoms with Crippen molar-refractivity contribution in [1.29, 1.82) is 0 Å². The maximum atomic E-state index is 13.1. The van der Waals surface area contributed by atoms with Crippen molar-refractivity contribution in [3.63, 3.8) is 0 Å². The highest BCUT2D eigenvalue weighted by Crippen LogP contribution is 2.37. The lowest BCUT2D eigenvalue weighted by atomic mass is 9.98. The number of benzene rings is 1. The Hall–Kier alpha value is -2.35. The first-order valence-corrected chi connectivity index (χ1v) is 8.73. The third kappa shape index (κ3) is 3.28. The van der Waals surface area contributed by atoms with Crippen LogP contribution in [0.1, 0.15) is 11.3 Å². The number of allylic oxidation sites excluding steroid dienone is 2. The summed E-state index contributed by atoms with van der Waals surface area (Å²) in [7, 11) is -3.81. The number of aromatic nitrogens is 1. The Morgan fingerprint density at radius 3 is 2.29 bits per heavy atom. The molecule has 0 fully saturated rings. The first kappa shape index (κ1) is 16.5. The summed E-state index contributed by atoms with van der Waals surface area (Å²) in [5.74, 6) is -0.517. The maximum absolute atomic E-state index is 13.1. The van der Waals surface area contributed by atoms with Gasteiger partial charge >= 0.3 is 0 Å². The number of rotatable bonds is 4. The van der Waals surface area contributed by atoms with E-state index in [1.165, 1.54) is 24.4 Å². The van der Waals surface area contributed by atoms with E-state index >= 15 is 0 Å². The van der Waals surface area contributed by atoms with E-state index in [0.29, 0.717) is 5.69 Å². The van der Waals surface area contributed by atoms with Crippen molar-refractivity contribution in [3.8, 4) is 0 Å². The predicted octanol–water partition coefficient (Wildman–Crippen LogP) is 1.96. The highest BCUT2D eigenvalue weighted by atomic mass is 32.2. The summed E-state index contributed by atoms with van der Waals surface area (Å²) in [5.41, 5.74) is 2.90. The summed E-state index contributed by atoms with van der Waals surface area (Å²) in [6.45, 7) is -0.0660. The van der Waals surface area contributed by atoms with Gasteiger partial charge in [0, 0.05) is 17.7 Å². The van der Waals surface area contributed by atoms with Crippen LogP contribution in [0.3, 0.4) is 0 Å². The zero-order valence-electron chi connectivity index (χ0n) is 12.6. The molecule has 0 amide bonds. The molecule has 1 heterocycles. The van der Waals surface area contributed by atoms with Gasteiger partial charge in [0.1, 0.15) is 10.7 Å². The van der Waals surface area contributed by atoms with E-state index in [0.717, 1.165) is 16.7 Å². The molecule has 0 aliphatic heterocycles. The third-order valence-corrected chi connectivity index (χ3v) is 4.66. The van der Waals surface area contributed by atoms with E-state index in [2.05, 4.69) is 4.98 Å². The van der Waals surface area contributed by atoms with Crippen LogP contribution >= 0.6 is 0 Å². The summed E-state index contributed by atoms with van der Waals surface area (Å²) in [4.78, 5) is 4.09. The van der Waals surface area contributed by atoms with E-state index in [4.69, 9.17) is 5.14 Å². The quantitative estimate of drug-likeness (QED) is 0.885. The Morgan fingerprint density at radius 2 is 1.75 bits per heavy atom. The van der Waals surface area contributed by atoms with Crippen LogP contribution in [0.4, 0.5) is 4.39 Å². The van der Waals surface area contributed by atoms with Gasteiger partial charge in [0.05, 0.1) is 12.3 Å². The number of primary sulfonamides is 1. The van der Waals surface area contributed by atoms with Gasteiger partial charge in [-0.3, -0.25) is 4.98 Å². The molecule has 0 spiro atoms. The first-order valence-electron chi connectivity index (χ1n) is 7.18.